The Hall–Kier alpha value is -2.23. The number of hydrogen-bond acceptors (Lipinski definition) is 2. The summed E-state index contributed by atoms with van der Waals surface area (Å²) in [5.41, 5.74) is 2.20. The zero-order chi connectivity index (χ0) is 13.0. The van der Waals surface area contributed by atoms with Gasteiger partial charge < -0.3 is 5.32 Å². The average Bonchev–Trinajstić information content (AvgIpc) is 2.39. The summed E-state index contributed by atoms with van der Waals surface area (Å²) >= 11 is 0. The Morgan fingerprint density at radius 3 is 2.83 bits per heavy atom. The molecule has 1 heterocycles. The van der Waals surface area contributed by atoms with Crippen LogP contribution >= 0.6 is 0 Å². The standard InChI is InChI=1S/C14H13FN2O/c1-2-10-4-3-5-12(8-10)17-14(18)11-6-7-13(15)16-9-11/h3-9H,2H2,1H3,(H,17,18). The van der Waals surface area contributed by atoms with Crippen LogP contribution in [0.2, 0.25) is 0 Å². The van der Waals surface area contributed by atoms with Crippen LogP contribution in [0, 0.1) is 5.95 Å². The minimum atomic E-state index is -0.598. The van der Waals surface area contributed by atoms with E-state index in [9.17, 15) is 9.18 Å². The van der Waals surface area contributed by atoms with Crippen molar-refractivity contribution in [3.05, 3.63) is 59.7 Å². The van der Waals surface area contributed by atoms with Gasteiger partial charge in [0.25, 0.3) is 5.91 Å². The van der Waals surface area contributed by atoms with Gasteiger partial charge in [0.1, 0.15) is 0 Å². The lowest BCUT2D eigenvalue weighted by molar-refractivity contribution is 0.102. The maximum atomic E-state index is 12.6. The highest BCUT2D eigenvalue weighted by Gasteiger charge is 2.06. The topological polar surface area (TPSA) is 42.0 Å². The normalized spacial score (nSPS) is 10.1. The van der Waals surface area contributed by atoms with Gasteiger partial charge in [-0.05, 0) is 36.2 Å². The fraction of sp³-hybridized carbons (Fsp3) is 0.143. The summed E-state index contributed by atoms with van der Waals surface area (Å²) in [6.07, 6.45) is 2.12. The molecule has 0 aliphatic carbocycles. The maximum Gasteiger partial charge on any atom is 0.257 e. The molecule has 92 valence electrons. The van der Waals surface area contributed by atoms with Crippen molar-refractivity contribution in [1.82, 2.24) is 4.98 Å². The number of nitrogens with one attached hydrogen (secondary N) is 1. The predicted molar refractivity (Wildman–Crippen MR) is 68.0 cm³/mol. The highest BCUT2D eigenvalue weighted by atomic mass is 19.1. The molecule has 0 saturated carbocycles. The van der Waals surface area contributed by atoms with Crippen LogP contribution in [0.3, 0.4) is 0 Å². The molecular weight excluding hydrogens is 231 g/mol. The number of carbonyl (C=O) groups excluding carboxylic acids is 1. The second-order valence-electron chi connectivity index (χ2n) is 3.88. The van der Waals surface area contributed by atoms with E-state index in [0.29, 0.717) is 5.56 Å². The van der Waals surface area contributed by atoms with E-state index in [4.69, 9.17) is 0 Å². The first-order valence-corrected chi connectivity index (χ1v) is 5.71. The van der Waals surface area contributed by atoms with Crippen LogP contribution in [0.4, 0.5) is 10.1 Å². The Labute approximate surface area is 105 Å². The van der Waals surface area contributed by atoms with Crippen LogP contribution in [0.5, 0.6) is 0 Å². The summed E-state index contributed by atoms with van der Waals surface area (Å²) in [4.78, 5) is 15.3. The van der Waals surface area contributed by atoms with Gasteiger partial charge in [-0.2, -0.15) is 4.39 Å². The largest absolute Gasteiger partial charge is 0.322 e. The first-order chi connectivity index (χ1) is 8.69. The number of benzene rings is 1. The smallest absolute Gasteiger partial charge is 0.257 e. The van der Waals surface area contributed by atoms with Crippen molar-refractivity contribution in [2.45, 2.75) is 13.3 Å². The molecule has 2 aromatic rings. The number of nitrogens with zero attached hydrogens (tertiary/aromatic N) is 1. The zero-order valence-corrected chi connectivity index (χ0v) is 9.98. The fourth-order valence-electron chi connectivity index (χ4n) is 1.58. The molecule has 1 N–H and O–H groups in total. The van der Waals surface area contributed by atoms with E-state index in [0.717, 1.165) is 23.7 Å². The maximum absolute atomic E-state index is 12.6. The number of halogens is 1. The van der Waals surface area contributed by atoms with Gasteiger partial charge in [-0.3, -0.25) is 4.79 Å². The minimum Gasteiger partial charge on any atom is -0.322 e. The molecule has 0 unspecified atom stereocenters. The van der Waals surface area contributed by atoms with Crippen molar-refractivity contribution in [3.8, 4) is 0 Å². The molecule has 0 bridgehead atoms. The number of anilines is 1. The quantitative estimate of drug-likeness (QED) is 0.843. The zero-order valence-electron chi connectivity index (χ0n) is 9.98. The van der Waals surface area contributed by atoms with E-state index in [1.807, 2.05) is 31.2 Å². The fourth-order valence-corrected chi connectivity index (χ4v) is 1.58. The summed E-state index contributed by atoms with van der Waals surface area (Å²) in [7, 11) is 0. The van der Waals surface area contributed by atoms with Crippen molar-refractivity contribution < 1.29 is 9.18 Å². The summed E-state index contributed by atoms with van der Waals surface area (Å²) in [5, 5.41) is 2.75. The Balaban J connectivity index is 2.13. The Kier molecular flexibility index (Phi) is 3.67. The third kappa shape index (κ3) is 2.91. The molecular formula is C14H13FN2O. The number of pyridine rings is 1. The molecule has 0 spiro atoms. The van der Waals surface area contributed by atoms with E-state index in [2.05, 4.69) is 10.3 Å². The molecule has 0 aliphatic heterocycles. The van der Waals surface area contributed by atoms with Crippen LogP contribution in [0.15, 0.2) is 42.6 Å². The third-order valence-corrected chi connectivity index (χ3v) is 2.58. The second-order valence-corrected chi connectivity index (χ2v) is 3.88. The van der Waals surface area contributed by atoms with Gasteiger partial charge in [-0.25, -0.2) is 4.98 Å². The minimum absolute atomic E-state index is 0.296. The van der Waals surface area contributed by atoms with Crippen LogP contribution in [0.25, 0.3) is 0 Å². The van der Waals surface area contributed by atoms with Crippen molar-refractivity contribution in [3.63, 3.8) is 0 Å². The van der Waals surface area contributed by atoms with Crippen LogP contribution < -0.4 is 5.32 Å². The van der Waals surface area contributed by atoms with Gasteiger partial charge in [0.2, 0.25) is 5.95 Å². The molecule has 0 atom stereocenters. The van der Waals surface area contributed by atoms with Gasteiger partial charge in [-0.15, -0.1) is 0 Å². The van der Waals surface area contributed by atoms with Gasteiger partial charge in [0.05, 0.1) is 5.56 Å². The molecule has 18 heavy (non-hydrogen) atoms. The number of carbonyl (C=O) groups is 1. The number of aryl methyl sites for hydroxylation is 1. The highest BCUT2D eigenvalue weighted by molar-refractivity contribution is 6.04. The molecule has 0 radical (unpaired) electrons. The number of aromatic nitrogens is 1. The van der Waals surface area contributed by atoms with Crippen LogP contribution in [0.1, 0.15) is 22.8 Å². The molecule has 1 amide bonds. The molecule has 2 rings (SSSR count). The Morgan fingerprint density at radius 2 is 2.17 bits per heavy atom. The van der Waals surface area contributed by atoms with Gasteiger partial charge in [0, 0.05) is 11.9 Å². The summed E-state index contributed by atoms with van der Waals surface area (Å²) in [6, 6.07) is 10.2. The van der Waals surface area contributed by atoms with Crippen molar-refractivity contribution >= 4 is 11.6 Å². The lowest BCUT2D eigenvalue weighted by Gasteiger charge is -2.06. The van der Waals surface area contributed by atoms with Crippen molar-refractivity contribution in [2.75, 3.05) is 5.32 Å². The van der Waals surface area contributed by atoms with E-state index in [-0.39, 0.29) is 5.91 Å². The molecule has 0 fully saturated rings. The molecule has 4 heteroatoms. The van der Waals surface area contributed by atoms with Crippen molar-refractivity contribution in [2.24, 2.45) is 0 Å². The summed E-state index contributed by atoms with van der Waals surface area (Å²) < 4.78 is 12.6. The summed E-state index contributed by atoms with van der Waals surface area (Å²) in [6.45, 7) is 2.05. The average molecular weight is 244 g/mol. The van der Waals surface area contributed by atoms with E-state index in [1.165, 1.54) is 12.3 Å². The van der Waals surface area contributed by atoms with E-state index >= 15 is 0 Å². The highest BCUT2D eigenvalue weighted by Crippen LogP contribution is 2.12. The first kappa shape index (κ1) is 12.2. The first-order valence-electron chi connectivity index (χ1n) is 5.71. The molecule has 0 saturated heterocycles. The lowest BCUT2D eigenvalue weighted by Crippen LogP contribution is -2.12. The summed E-state index contributed by atoms with van der Waals surface area (Å²) in [5.74, 6) is -0.893. The third-order valence-electron chi connectivity index (χ3n) is 2.58. The molecule has 3 nitrogen and oxygen atoms in total. The Bertz CT molecular complexity index is 552. The molecule has 1 aromatic heterocycles. The SMILES string of the molecule is CCc1cccc(NC(=O)c2ccc(F)nc2)c1. The molecule has 0 aliphatic rings. The number of hydrogen-bond donors (Lipinski definition) is 1. The number of rotatable bonds is 3. The number of amides is 1. The lowest BCUT2D eigenvalue weighted by atomic mass is 10.1. The predicted octanol–water partition coefficient (Wildman–Crippen LogP) is 3.04. The van der Waals surface area contributed by atoms with Crippen molar-refractivity contribution in [1.29, 1.82) is 0 Å². The van der Waals surface area contributed by atoms with E-state index in [1.54, 1.807) is 0 Å². The molecule has 1 aromatic carbocycles. The van der Waals surface area contributed by atoms with E-state index < -0.39 is 5.95 Å². The van der Waals surface area contributed by atoms with Crippen LogP contribution in [-0.2, 0) is 6.42 Å². The van der Waals surface area contributed by atoms with Crippen LogP contribution in [-0.4, -0.2) is 10.9 Å². The van der Waals surface area contributed by atoms with Gasteiger partial charge >= 0.3 is 0 Å². The van der Waals surface area contributed by atoms with Gasteiger partial charge in [-0.1, -0.05) is 19.1 Å². The van der Waals surface area contributed by atoms with Gasteiger partial charge in [0.15, 0.2) is 0 Å². The Morgan fingerprint density at radius 1 is 1.33 bits per heavy atom. The second kappa shape index (κ2) is 5.40. The monoisotopic (exact) mass is 244 g/mol.